The molecule has 1 aromatic carbocycles. The Morgan fingerprint density at radius 3 is 2.15 bits per heavy atom. The van der Waals surface area contributed by atoms with Gasteiger partial charge in [-0.05, 0) is 48.4 Å². The van der Waals surface area contributed by atoms with Gasteiger partial charge in [-0.25, -0.2) is 8.42 Å². The van der Waals surface area contributed by atoms with E-state index >= 15 is 0 Å². The molecule has 0 spiro atoms. The van der Waals surface area contributed by atoms with Crippen LogP contribution in [-0.2, 0) is 14.8 Å². The normalized spacial score (nSPS) is 22.3. The van der Waals surface area contributed by atoms with Crippen molar-refractivity contribution >= 4 is 15.9 Å². The highest BCUT2D eigenvalue weighted by molar-refractivity contribution is 7.89. The zero-order chi connectivity index (χ0) is 19.5. The summed E-state index contributed by atoms with van der Waals surface area (Å²) in [6.45, 7) is 9.32. The third-order valence-electron chi connectivity index (χ3n) is 4.77. The number of sulfonamides is 1. The van der Waals surface area contributed by atoms with Crippen LogP contribution >= 0.6 is 0 Å². The van der Waals surface area contributed by atoms with E-state index in [0.29, 0.717) is 30.7 Å². The number of hydrogen-bond donors (Lipinski definition) is 1. The Bertz CT molecular complexity index is 706. The molecular formula is C19H30N2O4S. The van der Waals surface area contributed by atoms with Crippen molar-refractivity contribution in [3.63, 3.8) is 0 Å². The summed E-state index contributed by atoms with van der Waals surface area (Å²) in [5.41, 5.74) is 0. The van der Waals surface area contributed by atoms with E-state index in [9.17, 15) is 13.2 Å². The molecule has 6 nitrogen and oxygen atoms in total. The van der Waals surface area contributed by atoms with E-state index in [4.69, 9.17) is 4.74 Å². The lowest BCUT2D eigenvalue weighted by Crippen LogP contribution is -2.54. The molecule has 0 bridgehead atoms. The van der Waals surface area contributed by atoms with Crippen molar-refractivity contribution in [1.82, 2.24) is 9.62 Å². The topological polar surface area (TPSA) is 75.7 Å². The Morgan fingerprint density at radius 1 is 1.15 bits per heavy atom. The van der Waals surface area contributed by atoms with Crippen LogP contribution in [0.25, 0.3) is 0 Å². The van der Waals surface area contributed by atoms with E-state index < -0.39 is 16.1 Å². The molecule has 0 radical (unpaired) electrons. The van der Waals surface area contributed by atoms with E-state index in [1.54, 1.807) is 17.0 Å². The van der Waals surface area contributed by atoms with E-state index in [2.05, 4.69) is 18.6 Å². The summed E-state index contributed by atoms with van der Waals surface area (Å²) >= 11 is 0. The number of hydrogen-bond acceptors (Lipinski definition) is 4. The summed E-state index contributed by atoms with van der Waals surface area (Å²) in [5, 5.41) is 0. The van der Waals surface area contributed by atoms with Crippen molar-refractivity contribution in [2.75, 3.05) is 20.2 Å². The molecule has 1 aliphatic heterocycles. The van der Waals surface area contributed by atoms with Crippen LogP contribution in [0.5, 0.6) is 5.75 Å². The fraction of sp³-hybridized carbons (Fsp3) is 0.632. The number of carbonyl (C=O) groups excluding carboxylic acids is 1. The van der Waals surface area contributed by atoms with Gasteiger partial charge in [0.15, 0.2) is 0 Å². The number of ether oxygens (including phenoxy) is 1. The first-order valence-electron chi connectivity index (χ1n) is 9.09. The van der Waals surface area contributed by atoms with Gasteiger partial charge in [0, 0.05) is 13.1 Å². The molecule has 3 unspecified atom stereocenters. The van der Waals surface area contributed by atoms with Gasteiger partial charge in [-0.15, -0.1) is 0 Å². The summed E-state index contributed by atoms with van der Waals surface area (Å²) in [4.78, 5) is 14.9. The highest BCUT2D eigenvalue weighted by atomic mass is 32.2. The number of amides is 1. The molecule has 26 heavy (non-hydrogen) atoms. The number of nitrogens with zero attached hydrogens (tertiary/aromatic N) is 1. The maximum Gasteiger partial charge on any atom is 0.241 e. The minimum Gasteiger partial charge on any atom is -0.497 e. The molecule has 1 aromatic rings. The molecule has 0 aromatic heterocycles. The molecule has 1 N–H and O–H groups in total. The van der Waals surface area contributed by atoms with Crippen LogP contribution in [0.15, 0.2) is 29.2 Å². The molecule has 0 aliphatic carbocycles. The van der Waals surface area contributed by atoms with E-state index in [-0.39, 0.29) is 16.7 Å². The lowest BCUT2D eigenvalue weighted by molar-refractivity contribution is -0.136. The Kier molecular flexibility index (Phi) is 6.69. The number of likely N-dealkylation sites (tertiary alicyclic amines) is 1. The number of benzene rings is 1. The summed E-state index contributed by atoms with van der Waals surface area (Å²) in [7, 11) is -2.27. The third-order valence-corrected chi connectivity index (χ3v) is 6.22. The number of nitrogens with one attached hydrogen (secondary N) is 1. The Balaban J connectivity index is 2.19. The largest absolute Gasteiger partial charge is 0.497 e. The van der Waals surface area contributed by atoms with Crippen molar-refractivity contribution in [2.45, 2.75) is 45.1 Å². The van der Waals surface area contributed by atoms with E-state index in [0.717, 1.165) is 6.42 Å². The van der Waals surface area contributed by atoms with Crippen molar-refractivity contribution in [3.05, 3.63) is 24.3 Å². The molecule has 1 amide bonds. The summed E-state index contributed by atoms with van der Waals surface area (Å²) in [5.74, 6) is 1.14. The van der Waals surface area contributed by atoms with Crippen LogP contribution in [0.3, 0.4) is 0 Å². The van der Waals surface area contributed by atoms with Crippen molar-refractivity contribution in [1.29, 1.82) is 0 Å². The second-order valence-corrected chi connectivity index (χ2v) is 9.42. The lowest BCUT2D eigenvalue weighted by Gasteiger charge is -2.37. The third kappa shape index (κ3) is 4.98. The van der Waals surface area contributed by atoms with Gasteiger partial charge in [0.25, 0.3) is 0 Å². The van der Waals surface area contributed by atoms with Gasteiger partial charge in [0.1, 0.15) is 11.8 Å². The first-order valence-corrected chi connectivity index (χ1v) is 10.6. The van der Waals surface area contributed by atoms with Gasteiger partial charge < -0.3 is 9.64 Å². The van der Waals surface area contributed by atoms with Crippen LogP contribution in [0.4, 0.5) is 0 Å². The Labute approximate surface area is 157 Å². The minimum atomic E-state index is -3.79. The molecule has 1 heterocycles. The molecule has 1 fully saturated rings. The van der Waals surface area contributed by atoms with E-state index in [1.807, 2.05) is 13.8 Å². The van der Waals surface area contributed by atoms with Gasteiger partial charge in [-0.3, -0.25) is 4.79 Å². The van der Waals surface area contributed by atoms with Gasteiger partial charge in [-0.1, -0.05) is 27.7 Å². The fourth-order valence-electron chi connectivity index (χ4n) is 3.50. The average Bonchev–Trinajstić information content (AvgIpc) is 2.58. The van der Waals surface area contributed by atoms with Gasteiger partial charge >= 0.3 is 0 Å². The first kappa shape index (κ1) is 20.7. The average molecular weight is 383 g/mol. The minimum absolute atomic E-state index is 0.122. The van der Waals surface area contributed by atoms with Crippen molar-refractivity contribution < 1.29 is 17.9 Å². The second-order valence-electron chi connectivity index (χ2n) is 7.71. The lowest BCUT2D eigenvalue weighted by atomic mass is 9.91. The van der Waals surface area contributed by atoms with Crippen molar-refractivity contribution in [3.8, 4) is 5.75 Å². The first-order chi connectivity index (χ1) is 12.1. The monoisotopic (exact) mass is 382 g/mol. The summed E-state index contributed by atoms with van der Waals surface area (Å²) in [6, 6.07) is 5.37. The van der Waals surface area contributed by atoms with Gasteiger partial charge in [0.2, 0.25) is 15.9 Å². The molecular weight excluding hydrogens is 352 g/mol. The summed E-state index contributed by atoms with van der Waals surface area (Å²) < 4.78 is 33.2. The molecule has 7 heteroatoms. The van der Waals surface area contributed by atoms with Crippen LogP contribution in [0, 0.1) is 17.8 Å². The predicted molar refractivity (Wildman–Crippen MR) is 101 cm³/mol. The number of rotatable bonds is 6. The fourth-order valence-corrected chi connectivity index (χ4v) is 4.84. The number of piperidine rings is 1. The smallest absolute Gasteiger partial charge is 0.241 e. The molecule has 2 rings (SSSR count). The maximum absolute atomic E-state index is 13.0. The molecule has 3 atom stereocenters. The molecule has 1 aliphatic rings. The van der Waals surface area contributed by atoms with Gasteiger partial charge in [-0.2, -0.15) is 4.72 Å². The summed E-state index contributed by atoms with van der Waals surface area (Å²) in [6.07, 6.45) is 1.09. The highest BCUT2D eigenvalue weighted by Crippen LogP contribution is 2.23. The zero-order valence-corrected chi connectivity index (χ0v) is 17.0. The van der Waals surface area contributed by atoms with Crippen LogP contribution in [0.2, 0.25) is 0 Å². The number of carbonyl (C=O) groups is 1. The van der Waals surface area contributed by atoms with Gasteiger partial charge in [0.05, 0.1) is 12.0 Å². The van der Waals surface area contributed by atoms with Crippen LogP contribution < -0.4 is 9.46 Å². The maximum atomic E-state index is 13.0. The highest BCUT2D eigenvalue weighted by Gasteiger charge is 2.34. The standard InChI is InChI=1S/C19H30N2O4S/c1-13(2)18(19(22)21-11-14(3)10-15(4)12-21)20-26(23,24)17-8-6-16(25-5)7-9-17/h6-9,13-15,18,20H,10-12H2,1-5H3. The SMILES string of the molecule is COc1ccc(S(=O)(=O)NC(C(=O)N2CC(C)CC(C)C2)C(C)C)cc1. The van der Waals surface area contributed by atoms with Crippen LogP contribution in [0.1, 0.15) is 34.1 Å². The predicted octanol–water partition coefficient (Wildman–Crippen LogP) is 2.50. The van der Waals surface area contributed by atoms with Crippen molar-refractivity contribution in [2.24, 2.45) is 17.8 Å². The Morgan fingerprint density at radius 2 is 1.69 bits per heavy atom. The van der Waals surface area contributed by atoms with Crippen LogP contribution in [-0.4, -0.2) is 45.5 Å². The molecule has 1 saturated heterocycles. The molecule has 146 valence electrons. The molecule has 0 saturated carbocycles. The van der Waals surface area contributed by atoms with E-state index in [1.165, 1.54) is 19.2 Å². The number of methoxy groups -OCH3 is 1. The quantitative estimate of drug-likeness (QED) is 0.820. The Hall–Kier alpha value is -1.60. The second kappa shape index (κ2) is 8.39. The zero-order valence-electron chi connectivity index (χ0n) is 16.2.